The molecule has 0 radical (unpaired) electrons. The number of para-hydroxylation sites is 1. The number of nitrogens with zero attached hydrogens (tertiary/aromatic N) is 2. The van der Waals surface area contributed by atoms with Gasteiger partial charge in [0.25, 0.3) is 5.91 Å². The molecule has 0 saturated heterocycles. The van der Waals surface area contributed by atoms with Crippen LogP contribution in [0.15, 0.2) is 66.0 Å². The highest BCUT2D eigenvalue weighted by molar-refractivity contribution is 7.13. The summed E-state index contributed by atoms with van der Waals surface area (Å²) in [6, 6.07) is 19.9. The minimum absolute atomic E-state index is 0.0939. The molecular formula is C28H29N3O3S. The first kappa shape index (κ1) is 23.3. The van der Waals surface area contributed by atoms with Crippen LogP contribution in [0.5, 0.6) is 5.75 Å². The minimum Gasteiger partial charge on any atom is -0.491 e. The highest BCUT2D eigenvalue weighted by Crippen LogP contribution is 2.47. The lowest BCUT2D eigenvalue weighted by Gasteiger charge is -2.29. The predicted octanol–water partition coefficient (Wildman–Crippen LogP) is 6.21. The zero-order chi connectivity index (χ0) is 24.6. The van der Waals surface area contributed by atoms with Crippen LogP contribution in [0.3, 0.4) is 0 Å². The fourth-order valence-electron chi connectivity index (χ4n) is 4.58. The zero-order valence-corrected chi connectivity index (χ0v) is 21.2. The third-order valence-electron chi connectivity index (χ3n) is 6.19. The van der Waals surface area contributed by atoms with Gasteiger partial charge in [0.05, 0.1) is 18.3 Å². The van der Waals surface area contributed by atoms with E-state index in [9.17, 15) is 4.79 Å². The van der Waals surface area contributed by atoms with Gasteiger partial charge in [0.15, 0.2) is 0 Å². The summed E-state index contributed by atoms with van der Waals surface area (Å²) in [7, 11) is 1.65. The Kier molecular flexibility index (Phi) is 6.21. The van der Waals surface area contributed by atoms with Gasteiger partial charge in [-0.05, 0) is 35.2 Å². The molecule has 0 bridgehead atoms. The number of thiophene rings is 1. The second-order valence-corrected chi connectivity index (χ2v) is 10.5. The van der Waals surface area contributed by atoms with E-state index >= 15 is 0 Å². The van der Waals surface area contributed by atoms with Crippen molar-refractivity contribution in [3.05, 3.63) is 88.6 Å². The zero-order valence-electron chi connectivity index (χ0n) is 20.4. The summed E-state index contributed by atoms with van der Waals surface area (Å²) >= 11 is 1.70. The minimum atomic E-state index is -0.364. The van der Waals surface area contributed by atoms with E-state index in [1.807, 2.05) is 47.4 Å². The smallest absolute Gasteiger partial charge is 0.277 e. The highest BCUT2D eigenvalue weighted by atomic mass is 32.1. The fraction of sp³-hybridized carbons (Fsp3) is 0.286. The predicted molar refractivity (Wildman–Crippen MR) is 140 cm³/mol. The molecule has 0 saturated carbocycles. The SMILES string of the molecule is COCCOc1ccccc1C1c2c(C(C)(C)C)n[nH]c2C(=O)N1c1ccc(-c2cccs2)cc1. The second-order valence-electron chi connectivity index (χ2n) is 9.59. The number of H-pyrrole nitrogens is 1. The van der Waals surface area contributed by atoms with Gasteiger partial charge in [0.1, 0.15) is 18.1 Å². The van der Waals surface area contributed by atoms with Gasteiger partial charge in [-0.2, -0.15) is 5.10 Å². The van der Waals surface area contributed by atoms with E-state index in [0.29, 0.717) is 18.9 Å². The van der Waals surface area contributed by atoms with Gasteiger partial charge in [-0.15, -0.1) is 11.3 Å². The van der Waals surface area contributed by atoms with Crippen molar-refractivity contribution in [2.75, 3.05) is 25.2 Å². The molecule has 1 amide bonds. The average molecular weight is 488 g/mol. The summed E-state index contributed by atoms with van der Waals surface area (Å²) in [5.41, 5.74) is 4.97. The van der Waals surface area contributed by atoms with Crippen molar-refractivity contribution in [1.29, 1.82) is 0 Å². The number of hydrogen-bond donors (Lipinski definition) is 1. The van der Waals surface area contributed by atoms with Gasteiger partial charge >= 0.3 is 0 Å². The topological polar surface area (TPSA) is 67.5 Å². The quantitative estimate of drug-likeness (QED) is 0.315. The second kappa shape index (κ2) is 9.32. The van der Waals surface area contributed by atoms with E-state index in [-0.39, 0.29) is 17.4 Å². The Labute approximate surface area is 209 Å². The number of nitrogens with one attached hydrogen (secondary N) is 1. The van der Waals surface area contributed by atoms with Crippen molar-refractivity contribution in [2.24, 2.45) is 0 Å². The van der Waals surface area contributed by atoms with E-state index in [1.54, 1.807) is 18.4 Å². The number of rotatable bonds is 7. The Balaban J connectivity index is 1.63. The largest absolute Gasteiger partial charge is 0.491 e. The number of hydrogen-bond acceptors (Lipinski definition) is 5. The first-order valence-corrected chi connectivity index (χ1v) is 12.5. The van der Waals surface area contributed by atoms with E-state index in [0.717, 1.165) is 33.8 Å². The summed E-state index contributed by atoms with van der Waals surface area (Å²) in [6.07, 6.45) is 0. The van der Waals surface area contributed by atoms with Crippen LogP contribution in [0.4, 0.5) is 5.69 Å². The third kappa shape index (κ3) is 4.26. The van der Waals surface area contributed by atoms with Crippen LogP contribution in [0.1, 0.15) is 54.1 Å². The summed E-state index contributed by atoms with van der Waals surface area (Å²) in [6.45, 7) is 7.25. The molecule has 1 atom stereocenters. The van der Waals surface area contributed by atoms with Crippen molar-refractivity contribution in [1.82, 2.24) is 10.2 Å². The molecule has 35 heavy (non-hydrogen) atoms. The van der Waals surface area contributed by atoms with Gasteiger partial charge in [-0.3, -0.25) is 14.8 Å². The van der Waals surface area contributed by atoms with Crippen molar-refractivity contribution in [3.8, 4) is 16.2 Å². The maximum atomic E-state index is 13.8. The monoisotopic (exact) mass is 487 g/mol. The molecule has 2 aromatic carbocycles. The van der Waals surface area contributed by atoms with Crippen LogP contribution < -0.4 is 9.64 Å². The van der Waals surface area contributed by atoms with Gasteiger partial charge < -0.3 is 9.47 Å². The normalized spacial score (nSPS) is 15.5. The summed E-state index contributed by atoms with van der Waals surface area (Å²) in [5, 5.41) is 9.70. The first-order chi connectivity index (χ1) is 16.9. The molecule has 4 aromatic rings. The summed E-state index contributed by atoms with van der Waals surface area (Å²) < 4.78 is 11.3. The van der Waals surface area contributed by atoms with E-state index < -0.39 is 0 Å². The molecule has 1 N–H and O–H groups in total. The molecule has 6 nitrogen and oxygen atoms in total. The molecule has 0 fully saturated rings. The number of aromatic amines is 1. The molecule has 3 heterocycles. The molecular weight excluding hydrogens is 458 g/mol. The highest BCUT2D eigenvalue weighted by Gasteiger charge is 2.45. The molecule has 5 rings (SSSR count). The molecule has 180 valence electrons. The number of amides is 1. The number of aromatic nitrogens is 2. The molecule has 1 unspecified atom stereocenters. The Bertz CT molecular complexity index is 1320. The molecule has 1 aliphatic rings. The fourth-order valence-corrected chi connectivity index (χ4v) is 5.31. The van der Waals surface area contributed by atoms with Crippen LogP contribution in [0, 0.1) is 0 Å². The Morgan fingerprint density at radius 1 is 1.03 bits per heavy atom. The van der Waals surface area contributed by atoms with Crippen LogP contribution in [-0.4, -0.2) is 36.4 Å². The number of methoxy groups -OCH3 is 1. The lowest BCUT2D eigenvalue weighted by Crippen LogP contribution is -2.30. The van der Waals surface area contributed by atoms with E-state index in [2.05, 4.69) is 54.5 Å². The maximum absolute atomic E-state index is 13.8. The van der Waals surface area contributed by atoms with Crippen LogP contribution in [0.25, 0.3) is 10.4 Å². The average Bonchev–Trinajstić information content (AvgIpc) is 3.58. The van der Waals surface area contributed by atoms with Gasteiger partial charge in [-0.25, -0.2) is 0 Å². The molecule has 1 aliphatic heterocycles. The molecule has 0 spiro atoms. The molecule has 2 aromatic heterocycles. The van der Waals surface area contributed by atoms with Crippen LogP contribution >= 0.6 is 11.3 Å². The lowest BCUT2D eigenvalue weighted by molar-refractivity contribution is 0.0988. The lowest BCUT2D eigenvalue weighted by atomic mass is 9.85. The maximum Gasteiger partial charge on any atom is 0.277 e. The van der Waals surface area contributed by atoms with Gasteiger partial charge in [0, 0.05) is 34.2 Å². The Hall–Kier alpha value is -3.42. The molecule has 0 aliphatic carbocycles. The molecule has 7 heteroatoms. The standard InChI is InChI=1S/C28H29N3O3S/c1-28(2,3)26-23-24(29-30-26)27(32)31(19-13-11-18(12-14-19)22-10-7-17-35-22)25(23)20-8-5-6-9-21(20)34-16-15-33-4/h5-14,17,25H,15-16H2,1-4H3,(H,29,30). The summed E-state index contributed by atoms with van der Waals surface area (Å²) in [4.78, 5) is 16.9. The number of ether oxygens (including phenoxy) is 2. The van der Waals surface area contributed by atoms with E-state index in [1.165, 1.54) is 4.88 Å². The van der Waals surface area contributed by atoms with Gasteiger partial charge in [0.2, 0.25) is 0 Å². The number of benzene rings is 2. The number of carbonyl (C=O) groups excluding carboxylic acids is 1. The van der Waals surface area contributed by atoms with Crippen molar-refractivity contribution in [3.63, 3.8) is 0 Å². The van der Waals surface area contributed by atoms with Crippen molar-refractivity contribution in [2.45, 2.75) is 32.2 Å². The Morgan fingerprint density at radius 2 is 1.80 bits per heavy atom. The summed E-state index contributed by atoms with van der Waals surface area (Å²) in [5.74, 6) is 0.639. The number of carbonyl (C=O) groups is 1. The van der Waals surface area contributed by atoms with Crippen molar-refractivity contribution < 1.29 is 14.3 Å². The van der Waals surface area contributed by atoms with Crippen LogP contribution in [-0.2, 0) is 10.2 Å². The number of fused-ring (bicyclic) bond motifs is 1. The van der Waals surface area contributed by atoms with Gasteiger partial charge in [-0.1, -0.05) is 57.2 Å². The van der Waals surface area contributed by atoms with Crippen LogP contribution in [0.2, 0.25) is 0 Å². The van der Waals surface area contributed by atoms with E-state index in [4.69, 9.17) is 9.47 Å². The number of anilines is 1. The third-order valence-corrected chi connectivity index (χ3v) is 7.11. The Morgan fingerprint density at radius 3 is 2.49 bits per heavy atom. The van der Waals surface area contributed by atoms with Crippen molar-refractivity contribution >= 4 is 22.9 Å². The first-order valence-electron chi connectivity index (χ1n) is 11.7.